The number of rotatable bonds is 9. The molecule has 2 aliphatic heterocycles. The fraction of sp³-hybridized carbons (Fsp3) is 0.667. The van der Waals surface area contributed by atoms with Gasteiger partial charge in [0.1, 0.15) is 17.5 Å². The number of Topliss-reactive ketones (excluding diaryl/α,β-unsaturated/α-hetero) is 1. The number of sulfonamides is 1. The molecule has 57 heavy (non-hydrogen) atoms. The van der Waals surface area contributed by atoms with E-state index in [0.29, 0.717) is 54.7 Å². The Balaban J connectivity index is 1.37. The Morgan fingerprint density at radius 3 is 2.46 bits per heavy atom. The van der Waals surface area contributed by atoms with Crippen LogP contribution in [0.2, 0.25) is 0 Å². The molecule has 14 nitrogen and oxygen atoms in total. The van der Waals surface area contributed by atoms with Gasteiger partial charge in [0, 0.05) is 33.0 Å². The van der Waals surface area contributed by atoms with Crippen LogP contribution in [0.4, 0.5) is 5.95 Å². The number of methoxy groups -OCH3 is 1. The molecule has 1 aromatic carbocycles. The Morgan fingerprint density at radius 1 is 1.09 bits per heavy atom. The molecule has 0 spiro atoms. The van der Waals surface area contributed by atoms with Crippen molar-refractivity contribution in [3.63, 3.8) is 0 Å². The first-order valence-corrected chi connectivity index (χ1v) is 21.6. The molecular formula is C42H59N5O9S. The highest BCUT2D eigenvalue weighted by Crippen LogP contribution is 2.57. The predicted octanol–water partition coefficient (Wildman–Crippen LogP) is 5.38. The minimum atomic E-state index is -3.96. The lowest BCUT2D eigenvalue weighted by Crippen LogP contribution is -2.48. The van der Waals surface area contributed by atoms with Gasteiger partial charge in [-0.1, -0.05) is 26.0 Å². The van der Waals surface area contributed by atoms with Gasteiger partial charge in [-0.3, -0.25) is 23.9 Å². The van der Waals surface area contributed by atoms with Crippen LogP contribution in [0.15, 0.2) is 30.4 Å². The number of benzene rings is 1. The summed E-state index contributed by atoms with van der Waals surface area (Å²) in [4.78, 5) is 69.7. The van der Waals surface area contributed by atoms with Crippen LogP contribution in [-0.2, 0) is 33.9 Å². The first kappa shape index (κ1) is 42.3. The summed E-state index contributed by atoms with van der Waals surface area (Å²) in [6.07, 6.45) is 6.35. The smallest absolute Gasteiger partial charge is 0.307 e. The number of nitrogens with one attached hydrogen (secondary N) is 1. The molecule has 3 heterocycles. The molecule has 7 atom stereocenters. The second-order valence-corrected chi connectivity index (χ2v) is 20.5. The molecular weight excluding hydrogens is 751 g/mol. The van der Waals surface area contributed by atoms with Crippen molar-refractivity contribution in [2.45, 2.75) is 122 Å². The average Bonchev–Trinajstić information content (AvgIpc) is 4.00. The Hall–Kier alpha value is -4.27. The number of esters is 1. The van der Waals surface area contributed by atoms with Gasteiger partial charge in [-0.15, -0.1) is 0 Å². The number of anilines is 1. The number of ketones is 1. The SMILES string of the molecule is COc1ccc2c(O[C@@H]3C[C@H]4C(=O)C[C@]5(C(=O)NS(=O)(=O)C6(C)CC6)C[C@H]5/C=C\CC[C@H](C)C[C@@H](C)[C@H](CC(=O)OC(C)(C)C)C(=O)N4C3)nc(N(C)C)nc2c1. The zero-order chi connectivity index (χ0) is 41.7. The summed E-state index contributed by atoms with van der Waals surface area (Å²) in [6.45, 7) is 11.1. The molecule has 0 unspecified atom stereocenters. The molecule has 1 N–H and O–H groups in total. The van der Waals surface area contributed by atoms with Crippen molar-refractivity contribution in [2.75, 3.05) is 32.6 Å². The van der Waals surface area contributed by atoms with E-state index in [1.165, 1.54) is 4.90 Å². The van der Waals surface area contributed by atoms with Crippen molar-refractivity contribution >= 4 is 50.4 Å². The van der Waals surface area contributed by atoms with Crippen LogP contribution < -0.4 is 19.1 Å². The third kappa shape index (κ3) is 9.23. The van der Waals surface area contributed by atoms with Gasteiger partial charge in [-0.25, -0.2) is 13.4 Å². The number of hydrogen-bond donors (Lipinski definition) is 1. The molecule has 2 amide bonds. The Kier molecular flexibility index (Phi) is 11.8. The quantitative estimate of drug-likeness (QED) is 0.254. The maximum absolute atomic E-state index is 15.0. The Morgan fingerprint density at radius 2 is 1.81 bits per heavy atom. The number of fused-ring (bicyclic) bond motifs is 3. The van der Waals surface area contributed by atoms with Crippen molar-refractivity contribution in [1.82, 2.24) is 19.6 Å². The van der Waals surface area contributed by atoms with Crippen LogP contribution in [0.5, 0.6) is 11.6 Å². The van der Waals surface area contributed by atoms with E-state index in [4.69, 9.17) is 19.2 Å². The number of aromatic nitrogens is 2. The number of ether oxygens (including phenoxy) is 3. The van der Waals surface area contributed by atoms with Gasteiger partial charge in [0.15, 0.2) is 5.78 Å². The molecule has 0 bridgehead atoms. The number of amides is 2. The number of carbonyl (C=O) groups is 4. The molecule has 312 valence electrons. The normalized spacial score (nSPS) is 29.6. The summed E-state index contributed by atoms with van der Waals surface area (Å²) >= 11 is 0. The second-order valence-electron chi connectivity index (χ2n) is 18.3. The minimum Gasteiger partial charge on any atom is -0.497 e. The lowest BCUT2D eigenvalue weighted by Gasteiger charge is -2.32. The van der Waals surface area contributed by atoms with Gasteiger partial charge in [0.25, 0.3) is 0 Å². The Bertz CT molecular complexity index is 2040. The van der Waals surface area contributed by atoms with E-state index in [2.05, 4.69) is 16.6 Å². The topological polar surface area (TPSA) is 174 Å². The van der Waals surface area contributed by atoms with Crippen LogP contribution >= 0.6 is 0 Å². The van der Waals surface area contributed by atoms with E-state index < -0.39 is 55.7 Å². The van der Waals surface area contributed by atoms with Crippen molar-refractivity contribution in [2.24, 2.45) is 29.1 Å². The minimum absolute atomic E-state index is 0.0243. The molecule has 2 aromatic rings. The highest BCUT2D eigenvalue weighted by molar-refractivity contribution is 7.91. The van der Waals surface area contributed by atoms with E-state index in [0.717, 1.165) is 6.42 Å². The average molecular weight is 810 g/mol. The van der Waals surface area contributed by atoms with Crippen molar-refractivity contribution in [1.29, 1.82) is 0 Å². The summed E-state index contributed by atoms with van der Waals surface area (Å²) in [5, 5.41) is 0.614. The lowest BCUT2D eigenvalue weighted by molar-refractivity contribution is -0.160. The van der Waals surface area contributed by atoms with E-state index in [-0.39, 0.29) is 61.1 Å². The molecule has 1 saturated heterocycles. The highest BCUT2D eigenvalue weighted by atomic mass is 32.2. The molecule has 15 heteroatoms. The van der Waals surface area contributed by atoms with E-state index >= 15 is 0 Å². The third-order valence-electron chi connectivity index (χ3n) is 12.1. The van der Waals surface area contributed by atoms with Gasteiger partial charge in [-0.2, -0.15) is 4.98 Å². The standard InChI is InChI=1S/C42H59N5O9S/c1-25-12-10-11-13-27-22-42(27,38(51)45-57(52,53)41(6)16-17-41)23-34(48)33-20-29(24-47(33)37(50)31(26(2)18-25)21-35(49)56-40(3,4)5)55-36-30-15-14-28(54-9)19-32(30)43-39(44-36)46(7)8/h11,13-15,19,25-27,29,31,33H,10,12,16-18,20-24H2,1-9H3,(H,45,51)/b13-11-/t25-,26+,27+,29+,31-,33-,42+/m0/s1. The summed E-state index contributed by atoms with van der Waals surface area (Å²) < 4.78 is 45.6. The number of allylic oxidation sites excluding steroid dienone is 2. The first-order chi connectivity index (χ1) is 26.6. The zero-order valence-electron chi connectivity index (χ0n) is 34.8. The van der Waals surface area contributed by atoms with Gasteiger partial charge in [0.05, 0.1) is 53.1 Å². The van der Waals surface area contributed by atoms with Crippen LogP contribution in [0.3, 0.4) is 0 Å². The van der Waals surface area contributed by atoms with Crippen molar-refractivity contribution < 1.29 is 41.8 Å². The highest BCUT2D eigenvalue weighted by Gasteiger charge is 2.62. The van der Waals surface area contributed by atoms with Gasteiger partial charge in [-0.05, 0) is 96.1 Å². The largest absolute Gasteiger partial charge is 0.497 e. The van der Waals surface area contributed by atoms with Gasteiger partial charge >= 0.3 is 5.97 Å². The molecule has 1 aromatic heterocycles. The predicted molar refractivity (Wildman–Crippen MR) is 215 cm³/mol. The molecule has 4 aliphatic rings. The fourth-order valence-corrected chi connectivity index (χ4v) is 9.62. The molecule has 2 aliphatic carbocycles. The van der Waals surface area contributed by atoms with Gasteiger partial charge < -0.3 is 24.0 Å². The fourth-order valence-electron chi connectivity index (χ4n) is 8.29. The molecule has 6 rings (SSSR count). The maximum atomic E-state index is 15.0. The molecule has 0 radical (unpaired) electrons. The molecule has 3 fully saturated rings. The summed E-state index contributed by atoms with van der Waals surface area (Å²) in [5.74, 6) is -1.81. The van der Waals surface area contributed by atoms with E-state index in [9.17, 15) is 27.6 Å². The van der Waals surface area contributed by atoms with Crippen LogP contribution in [0, 0.1) is 29.1 Å². The summed E-state index contributed by atoms with van der Waals surface area (Å²) in [5.41, 5.74) is -1.46. The maximum Gasteiger partial charge on any atom is 0.307 e. The summed E-state index contributed by atoms with van der Waals surface area (Å²) in [7, 11) is 1.22. The van der Waals surface area contributed by atoms with E-state index in [1.807, 2.05) is 33.2 Å². The van der Waals surface area contributed by atoms with Crippen LogP contribution in [-0.4, -0.2) is 97.1 Å². The number of hydrogen-bond acceptors (Lipinski definition) is 12. The third-order valence-corrected chi connectivity index (χ3v) is 14.3. The lowest BCUT2D eigenvalue weighted by atomic mass is 9.82. The summed E-state index contributed by atoms with van der Waals surface area (Å²) in [6, 6.07) is 4.35. The number of carbonyl (C=O) groups excluding carboxylic acids is 4. The van der Waals surface area contributed by atoms with Crippen LogP contribution in [0.25, 0.3) is 10.9 Å². The van der Waals surface area contributed by atoms with Gasteiger partial charge in [0.2, 0.25) is 33.7 Å². The van der Waals surface area contributed by atoms with Crippen molar-refractivity contribution in [3.05, 3.63) is 30.4 Å². The van der Waals surface area contributed by atoms with Crippen LogP contribution in [0.1, 0.15) is 99.3 Å². The Labute approximate surface area is 336 Å². The van der Waals surface area contributed by atoms with E-state index in [1.54, 1.807) is 57.9 Å². The monoisotopic (exact) mass is 809 g/mol. The second kappa shape index (κ2) is 15.8. The first-order valence-electron chi connectivity index (χ1n) is 20.1. The number of nitrogens with zero attached hydrogens (tertiary/aromatic N) is 4. The molecule has 2 saturated carbocycles. The zero-order valence-corrected chi connectivity index (χ0v) is 35.6. The van der Waals surface area contributed by atoms with Crippen molar-refractivity contribution in [3.8, 4) is 11.6 Å².